The standard InChI is InChI=1S/C15H23N5OS/c1-10(2)15-19-12(9-22-15)5-6-17-14(21)13(16-3)11-7-18-20(4)8-11/h7-10,13,16H,5-6H2,1-4H3,(H,17,21). The lowest BCUT2D eigenvalue weighted by Crippen LogP contribution is -2.36. The molecule has 120 valence electrons. The smallest absolute Gasteiger partial charge is 0.241 e. The van der Waals surface area contributed by atoms with Gasteiger partial charge in [-0.05, 0) is 7.05 Å². The van der Waals surface area contributed by atoms with Gasteiger partial charge in [0.15, 0.2) is 0 Å². The van der Waals surface area contributed by atoms with Gasteiger partial charge < -0.3 is 10.6 Å². The van der Waals surface area contributed by atoms with Gasteiger partial charge in [0.2, 0.25) is 5.91 Å². The summed E-state index contributed by atoms with van der Waals surface area (Å²) in [6.45, 7) is 4.85. The molecule has 0 fully saturated rings. The highest BCUT2D eigenvalue weighted by Gasteiger charge is 2.19. The second-order valence-corrected chi connectivity index (χ2v) is 6.43. The summed E-state index contributed by atoms with van der Waals surface area (Å²) in [5, 5.41) is 13.3. The summed E-state index contributed by atoms with van der Waals surface area (Å²) in [4.78, 5) is 16.8. The van der Waals surface area contributed by atoms with Gasteiger partial charge >= 0.3 is 0 Å². The number of amides is 1. The Bertz CT molecular complexity index is 619. The molecule has 0 bridgehead atoms. The molecule has 7 heteroatoms. The van der Waals surface area contributed by atoms with Crippen molar-refractivity contribution < 1.29 is 4.79 Å². The number of aromatic nitrogens is 3. The first kappa shape index (κ1) is 16.6. The molecule has 0 aromatic carbocycles. The van der Waals surface area contributed by atoms with Crippen molar-refractivity contribution in [3.05, 3.63) is 34.0 Å². The fourth-order valence-corrected chi connectivity index (χ4v) is 3.03. The van der Waals surface area contributed by atoms with Crippen molar-refractivity contribution in [1.29, 1.82) is 0 Å². The van der Waals surface area contributed by atoms with Crippen LogP contribution in [-0.4, -0.2) is 34.3 Å². The molecule has 0 aliphatic heterocycles. The highest BCUT2D eigenvalue weighted by molar-refractivity contribution is 7.09. The van der Waals surface area contributed by atoms with Crippen LogP contribution in [0, 0.1) is 0 Å². The summed E-state index contributed by atoms with van der Waals surface area (Å²) in [6.07, 6.45) is 4.30. The predicted molar refractivity (Wildman–Crippen MR) is 87.9 cm³/mol. The van der Waals surface area contributed by atoms with Gasteiger partial charge in [0.1, 0.15) is 6.04 Å². The molecule has 2 aromatic rings. The Morgan fingerprint density at radius 2 is 2.23 bits per heavy atom. The predicted octanol–water partition coefficient (Wildman–Crippen LogP) is 1.62. The van der Waals surface area contributed by atoms with E-state index in [-0.39, 0.29) is 11.9 Å². The van der Waals surface area contributed by atoms with Gasteiger partial charge in [0.05, 0.1) is 16.9 Å². The molecule has 0 saturated carbocycles. The summed E-state index contributed by atoms with van der Waals surface area (Å²) >= 11 is 1.68. The molecule has 1 atom stereocenters. The molecule has 2 N–H and O–H groups in total. The third-order valence-corrected chi connectivity index (χ3v) is 4.55. The first-order valence-electron chi connectivity index (χ1n) is 7.39. The van der Waals surface area contributed by atoms with E-state index >= 15 is 0 Å². The van der Waals surface area contributed by atoms with Gasteiger partial charge in [0.25, 0.3) is 0 Å². The van der Waals surface area contributed by atoms with Crippen molar-refractivity contribution in [1.82, 2.24) is 25.4 Å². The maximum Gasteiger partial charge on any atom is 0.241 e. The largest absolute Gasteiger partial charge is 0.354 e. The summed E-state index contributed by atoms with van der Waals surface area (Å²) < 4.78 is 1.69. The van der Waals surface area contributed by atoms with Gasteiger partial charge in [-0.15, -0.1) is 11.3 Å². The van der Waals surface area contributed by atoms with E-state index in [0.29, 0.717) is 12.5 Å². The van der Waals surface area contributed by atoms with Gasteiger partial charge in [-0.2, -0.15) is 5.10 Å². The van der Waals surface area contributed by atoms with Crippen LogP contribution >= 0.6 is 11.3 Å². The van der Waals surface area contributed by atoms with Crippen LogP contribution in [-0.2, 0) is 18.3 Å². The van der Waals surface area contributed by atoms with E-state index in [9.17, 15) is 4.79 Å². The molecule has 0 spiro atoms. The number of hydrogen-bond donors (Lipinski definition) is 2. The van der Waals surface area contributed by atoms with Gasteiger partial charge in [-0.1, -0.05) is 13.8 Å². The number of hydrogen-bond acceptors (Lipinski definition) is 5. The maximum absolute atomic E-state index is 12.3. The van der Waals surface area contributed by atoms with Crippen LogP contribution in [0.25, 0.3) is 0 Å². The van der Waals surface area contributed by atoms with Gasteiger partial charge in [-0.3, -0.25) is 9.48 Å². The third kappa shape index (κ3) is 4.14. The molecule has 2 aromatic heterocycles. The second kappa shape index (κ2) is 7.51. The highest BCUT2D eigenvalue weighted by atomic mass is 32.1. The van der Waals surface area contributed by atoms with Crippen molar-refractivity contribution in [2.75, 3.05) is 13.6 Å². The molecule has 22 heavy (non-hydrogen) atoms. The number of nitrogens with one attached hydrogen (secondary N) is 2. The summed E-state index contributed by atoms with van der Waals surface area (Å²) in [5.41, 5.74) is 1.90. The molecular weight excluding hydrogens is 298 g/mol. The SMILES string of the molecule is CNC(C(=O)NCCc1csc(C(C)C)n1)c1cnn(C)c1. The zero-order chi connectivity index (χ0) is 16.1. The third-order valence-electron chi connectivity index (χ3n) is 3.35. The Balaban J connectivity index is 1.85. The minimum absolute atomic E-state index is 0.0465. The number of aryl methyl sites for hydroxylation is 1. The molecule has 1 unspecified atom stereocenters. The Labute approximate surface area is 135 Å². The Morgan fingerprint density at radius 1 is 1.45 bits per heavy atom. The molecule has 0 saturated heterocycles. The number of carbonyl (C=O) groups excluding carboxylic acids is 1. The van der Waals surface area contributed by atoms with Crippen LogP contribution in [0.4, 0.5) is 0 Å². The van der Waals surface area contributed by atoms with Crippen LogP contribution in [0.2, 0.25) is 0 Å². The number of likely N-dealkylation sites (N-methyl/N-ethyl adjacent to an activating group) is 1. The maximum atomic E-state index is 12.3. The monoisotopic (exact) mass is 321 g/mol. The highest BCUT2D eigenvalue weighted by Crippen LogP contribution is 2.19. The van der Waals surface area contributed by atoms with E-state index in [0.717, 1.165) is 22.7 Å². The van der Waals surface area contributed by atoms with E-state index in [1.54, 1.807) is 29.3 Å². The van der Waals surface area contributed by atoms with Crippen molar-refractivity contribution in [3.8, 4) is 0 Å². The van der Waals surface area contributed by atoms with E-state index in [1.807, 2.05) is 13.2 Å². The molecule has 0 aliphatic rings. The lowest BCUT2D eigenvalue weighted by Gasteiger charge is -2.14. The topological polar surface area (TPSA) is 71.8 Å². The fraction of sp³-hybridized carbons (Fsp3) is 0.533. The normalized spacial score (nSPS) is 12.6. The van der Waals surface area contributed by atoms with E-state index in [1.165, 1.54) is 0 Å². The molecule has 6 nitrogen and oxygen atoms in total. The lowest BCUT2D eigenvalue weighted by atomic mass is 10.1. The summed E-state index contributed by atoms with van der Waals surface area (Å²) in [6, 6.07) is -0.379. The minimum Gasteiger partial charge on any atom is -0.354 e. The quantitative estimate of drug-likeness (QED) is 0.813. The zero-order valence-electron chi connectivity index (χ0n) is 13.5. The Hall–Kier alpha value is -1.73. The van der Waals surface area contributed by atoms with E-state index < -0.39 is 0 Å². The number of nitrogens with zero attached hydrogens (tertiary/aromatic N) is 3. The molecule has 1 amide bonds. The molecule has 2 heterocycles. The first-order valence-corrected chi connectivity index (χ1v) is 8.27. The Kier molecular flexibility index (Phi) is 5.68. The van der Waals surface area contributed by atoms with Crippen LogP contribution in [0.3, 0.4) is 0 Å². The average molecular weight is 321 g/mol. The molecule has 0 radical (unpaired) electrons. The average Bonchev–Trinajstić information content (AvgIpc) is 3.09. The van der Waals surface area contributed by atoms with Crippen molar-refractivity contribution in [2.24, 2.45) is 7.05 Å². The fourth-order valence-electron chi connectivity index (χ4n) is 2.16. The van der Waals surface area contributed by atoms with Crippen molar-refractivity contribution in [2.45, 2.75) is 32.2 Å². The molecule has 0 aliphatic carbocycles. The molecule has 2 rings (SSSR count). The van der Waals surface area contributed by atoms with Crippen LogP contribution in [0.1, 0.15) is 42.1 Å². The lowest BCUT2D eigenvalue weighted by molar-refractivity contribution is -0.123. The van der Waals surface area contributed by atoms with Crippen molar-refractivity contribution in [3.63, 3.8) is 0 Å². The number of carbonyl (C=O) groups is 1. The Morgan fingerprint density at radius 3 is 2.77 bits per heavy atom. The second-order valence-electron chi connectivity index (χ2n) is 5.54. The summed E-state index contributed by atoms with van der Waals surface area (Å²) in [7, 11) is 3.61. The first-order chi connectivity index (χ1) is 10.5. The van der Waals surface area contributed by atoms with E-state index in [2.05, 4.69) is 39.9 Å². The van der Waals surface area contributed by atoms with Crippen LogP contribution in [0.15, 0.2) is 17.8 Å². The van der Waals surface area contributed by atoms with Gasteiger partial charge in [0, 0.05) is 43.1 Å². The van der Waals surface area contributed by atoms with E-state index in [4.69, 9.17) is 0 Å². The number of rotatable bonds is 7. The van der Waals surface area contributed by atoms with Gasteiger partial charge in [-0.25, -0.2) is 4.98 Å². The number of thiazole rings is 1. The summed E-state index contributed by atoms with van der Waals surface area (Å²) in [5.74, 6) is 0.405. The minimum atomic E-state index is -0.379. The molecular formula is C15H23N5OS. The van der Waals surface area contributed by atoms with Crippen molar-refractivity contribution >= 4 is 17.2 Å². The van der Waals surface area contributed by atoms with Crippen LogP contribution < -0.4 is 10.6 Å². The zero-order valence-corrected chi connectivity index (χ0v) is 14.3. The van der Waals surface area contributed by atoms with Crippen LogP contribution in [0.5, 0.6) is 0 Å².